The number of anilines is 1. The molecule has 0 fully saturated rings. The monoisotopic (exact) mass is 502 g/mol. The van der Waals surface area contributed by atoms with Crippen molar-refractivity contribution in [2.45, 2.75) is 43.4 Å². The molecule has 0 radical (unpaired) electrons. The third-order valence-corrected chi connectivity index (χ3v) is 6.71. The fraction of sp³-hybridized carbons (Fsp3) is 0.333. The molecule has 0 aliphatic carbocycles. The van der Waals surface area contributed by atoms with Crippen LogP contribution in [0.2, 0.25) is 0 Å². The molecule has 11 heteroatoms. The second kappa shape index (κ2) is 11.3. The molecule has 3 N–H and O–H groups in total. The van der Waals surface area contributed by atoms with Gasteiger partial charge in [-0.25, -0.2) is 18.2 Å². The third kappa shape index (κ3) is 7.81. The minimum atomic E-state index is -3.72. The standard InChI is InChI=1S/C24H30N4O6S/c1-24(2,12-13-28-16-22(25-17-28)34-23(30)33-3)26-15-21(29)18-8-7-9-19(14-18)27-35(31,32)20-10-5-4-6-11-20/h4-11,14,16-17,21,26-27,29H,12-13,15H2,1-3H3. The van der Waals surface area contributed by atoms with Crippen LogP contribution in [0.4, 0.5) is 10.5 Å². The van der Waals surface area contributed by atoms with Crippen molar-refractivity contribution >= 4 is 21.9 Å². The van der Waals surface area contributed by atoms with Gasteiger partial charge in [-0.3, -0.25) is 4.72 Å². The topological polar surface area (TPSA) is 132 Å². The highest BCUT2D eigenvalue weighted by atomic mass is 32.2. The summed E-state index contributed by atoms with van der Waals surface area (Å²) in [5.41, 5.74) is 0.622. The lowest BCUT2D eigenvalue weighted by Crippen LogP contribution is -2.42. The zero-order valence-corrected chi connectivity index (χ0v) is 20.7. The Bertz CT molecular complexity index is 1230. The molecule has 1 atom stereocenters. The van der Waals surface area contributed by atoms with Crippen molar-refractivity contribution in [2.24, 2.45) is 0 Å². The van der Waals surface area contributed by atoms with Crippen molar-refractivity contribution in [1.29, 1.82) is 0 Å². The molecular formula is C24H30N4O6S. The molecule has 0 saturated carbocycles. The minimum absolute atomic E-state index is 0.154. The normalized spacial score (nSPS) is 12.7. The van der Waals surface area contributed by atoms with Gasteiger partial charge in [0.2, 0.25) is 5.88 Å². The van der Waals surface area contributed by atoms with Crippen LogP contribution in [0.15, 0.2) is 72.0 Å². The molecule has 3 aromatic rings. The van der Waals surface area contributed by atoms with E-state index in [0.29, 0.717) is 24.2 Å². The Kier molecular flexibility index (Phi) is 8.49. The van der Waals surface area contributed by atoms with E-state index in [-0.39, 0.29) is 22.9 Å². The first-order chi connectivity index (χ1) is 16.6. The van der Waals surface area contributed by atoms with E-state index in [9.17, 15) is 18.3 Å². The zero-order valence-electron chi connectivity index (χ0n) is 19.8. The Labute approximate surface area is 205 Å². The van der Waals surface area contributed by atoms with Gasteiger partial charge in [0.05, 0.1) is 30.6 Å². The van der Waals surface area contributed by atoms with Crippen LogP contribution in [-0.2, 0) is 21.3 Å². The number of carbonyl (C=O) groups excluding carboxylic acids is 1. The maximum absolute atomic E-state index is 12.6. The number of hydrogen-bond acceptors (Lipinski definition) is 8. The summed E-state index contributed by atoms with van der Waals surface area (Å²) in [6.45, 7) is 4.88. The van der Waals surface area contributed by atoms with E-state index in [1.54, 1.807) is 59.6 Å². The van der Waals surface area contributed by atoms with Gasteiger partial charge in [0, 0.05) is 24.3 Å². The van der Waals surface area contributed by atoms with Crippen LogP contribution >= 0.6 is 0 Å². The molecule has 35 heavy (non-hydrogen) atoms. The average Bonchev–Trinajstić information content (AvgIpc) is 3.29. The van der Waals surface area contributed by atoms with Crippen LogP contribution in [0.3, 0.4) is 0 Å². The number of ether oxygens (including phenoxy) is 2. The Morgan fingerprint density at radius 3 is 2.63 bits per heavy atom. The molecule has 0 saturated heterocycles. The van der Waals surface area contributed by atoms with E-state index in [1.807, 2.05) is 13.8 Å². The van der Waals surface area contributed by atoms with Crippen molar-refractivity contribution in [3.63, 3.8) is 0 Å². The van der Waals surface area contributed by atoms with E-state index in [1.165, 1.54) is 19.2 Å². The molecule has 0 aliphatic rings. The lowest BCUT2D eigenvalue weighted by atomic mass is 9.99. The van der Waals surface area contributed by atoms with Crippen LogP contribution in [0.25, 0.3) is 0 Å². The van der Waals surface area contributed by atoms with E-state index < -0.39 is 22.3 Å². The summed E-state index contributed by atoms with van der Waals surface area (Å²) < 4.78 is 38.8. The highest BCUT2D eigenvalue weighted by Gasteiger charge is 2.20. The van der Waals surface area contributed by atoms with Crippen LogP contribution in [-0.4, -0.2) is 48.4 Å². The molecule has 1 aromatic heterocycles. The summed E-state index contributed by atoms with van der Waals surface area (Å²) in [7, 11) is -2.50. The quantitative estimate of drug-likeness (QED) is 0.340. The van der Waals surface area contributed by atoms with Crippen molar-refractivity contribution in [3.05, 3.63) is 72.7 Å². The number of aryl methyl sites for hydroxylation is 1. The van der Waals surface area contributed by atoms with E-state index >= 15 is 0 Å². The second-order valence-corrected chi connectivity index (χ2v) is 10.3. The third-order valence-electron chi connectivity index (χ3n) is 5.31. The van der Waals surface area contributed by atoms with Gasteiger partial charge in [0.15, 0.2) is 0 Å². The number of imidazole rings is 1. The number of rotatable bonds is 11. The summed E-state index contributed by atoms with van der Waals surface area (Å²) in [5, 5.41) is 14.0. The highest BCUT2D eigenvalue weighted by Crippen LogP contribution is 2.21. The van der Waals surface area contributed by atoms with Gasteiger partial charge in [-0.2, -0.15) is 0 Å². The van der Waals surface area contributed by atoms with Crippen LogP contribution in [0.1, 0.15) is 31.9 Å². The zero-order chi connectivity index (χ0) is 25.5. The number of methoxy groups -OCH3 is 1. The van der Waals surface area contributed by atoms with Gasteiger partial charge in [0.25, 0.3) is 10.0 Å². The molecule has 188 valence electrons. The number of nitrogens with one attached hydrogen (secondary N) is 2. The number of benzene rings is 2. The number of hydrogen-bond donors (Lipinski definition) is 3. The molecule has 2 aromatic carbocycles. The summed E-state index contributed by atoms with van der Waals surface area (Å²) >= 11 is 0. The van der Waals surface area contributed by atoms with Gasteiger partial charge in [0.1, 0.15) is 0 Å². The Morgan fingerprint density at radius 2 is 1.91 bits per heavy atom. The molecule has 0 amide bonds. The number of β-amino-alcohol motifs (C(OH)–C–C–N with tert-alkyl or cyclic N) is 1. The lowest BCUT2D eigenvalue weighted by molar-refractivity contribution is 0.120. The predicted octanol–water partition coefficient (Wildman–Crippen LogP) is 3.32. The Balaban J connectivity index is 1.54. The van der Waals surface area contributed by atoms with Crippen LogP contribution < -0.4 is 14.8 Å². The lowest BCUT2D eigenvalue weighted by Gasteiger charge is -2.28. The Morgan fingerprint density at radius 1 is 1.17 bits per heavy atom. The molecule has 10 nitrogen and oxygen atoms in total. The van der Waals surface area contributed by atoms with Gasteiger partial charge in [-0.15, -0.1) is 0 Å². The SMILES string of the molecule is COC(=O)Oc1cn(CCC(C)(C)NCC(O)c2cccc(NS(=O)(=O)c3ccccc3)c2)cn1. The first-order valence-corrected chi connectivity index (χ1v) is 12.4. The maximum atomic E-state index is 12.6. The summed E-state index contributed by atoms with van der Waals surface area (Å²) in [5.74, 6) is 0.154. The van der Waals surface area contributed by atoms with Crippen molar-refractivity contribution in [2.75, 3.05) is 18.4 Å². The van der Waals surface area contributed by atoms with E-state index in [0.717, 1.165) is 0 Å². The average molecular weight is 503 g/mol. The molecule has 1 heterocycles. The summed E-state index contributed by atoms with van der Waals surface area (Å²) in [6, 6.07) is 14.8. The number of aliphatic hydroxyl groups excluding tert-OH is 1. The fourth-order valence-corrected chi connectivity index (χ4v) is 4.32. The number of aliphatic hydroxyl groups is 1. The van der Waals surface area contributed by atoms with E-state index in [4.69, 9.17) is 4.74 Å². The molecular weight excluding hydrogens is 472 g/mol. The highest BCUT2D eigenvalue weighted by molar-refractivity contribution is 7.92. The predicted molar refractivity (Wildman–Crippen MR) is 131 cm³/mol. The molecule has 3 rings (SSSR count). The Hall–Kier alpha value is -3.41. The van der Waals surface area contributed by atoms with Gasteiger partial charge in [-0.1, -0.05) is 30.3 Å². The van der Waals surface area contributed by atoms with Gasteiger partial charge < -0.3 is 24.5 Å². The van der Waals surface area contributed by atoms with Crippen molar-refractivity contribution in [1.82, 2.24) is 14.9 Å². The van der Waals surface area contributed by atoms with Crippen LogP contribution in [0, 0.1) is 0 Å². The molecule has 0 bridgehead atoms. The van der Waals surface area contributed by atoms with Crippen molar-refractivity contribution in [3.8, 4) is 5.88 Å². The largest absolute Gasteiger partial charge is 0.514 e. The smallest absolute Gasteiger partial charge is 0.437 e. The van der Waals surface area contributed by atoms with Crippen LogP contribution in [0.5, 0.6) is 5.88 Å². The number of carbonyl (C=O) groups is 1. The van der Waals surface area contributed by atoms with Crippen molar-refractivity contribution < 1.29 is 27.8 Å². The first kappa shape index (κ1) is 26.2. The van der Waals surface area contributed by atoms with Gasteiger partial charge >= 0.3 is 6.16 Å². The number of nitrogens with zero attached hydrogens (tertiary/aromatic N) is 2. The molecule has 0 aliphatic heterocycles. The number of sulfonamides is 1. The summed E-state index contributed by atoms with van der Waals surface area (Å²) in [4.78, 5) is 15.3. The molecule has 0 spiro atoms. The van der Waals surface area contributed by atoms with Gasteiger partial charge in [-0.05, 0) is 50.1 Å². The fourth-order valence-electron chi connectivity index (χ4n) is 3.25. The second-order valence-electron chi connectivity index (χ2n) is 8.58. The molecule has 1 unspecified atom stereocenters. The minimum Gasteiger partial charge on any atom is -0.437 e. The number of aromatic nitrogens is 2. The maximum Gasteiger partial charge on any atom is 0.514 e. The first-order valence-electron chi connectivity index (χ1n) is 11.0. The van der Waals surface area contributed by atoms with E-state index in [2.05, 4.69) is 19.8 Å². The summed E-state index contributed by atoms with van der Waals surface area (Å²) in [6.07, 6.45) is 2.19.